The van der Waals surface area contributed by atoms with E-state index in [0.29, 0.717) is 24.5 Å². The number of imidazole rings is 1. The van der Waals surface area contributed by atoms with Crippen molar-refractivity contribution >= 4 is 11.7 Å². The van der Waals surface area contributed by atoms with Gasteiger partial charge in [-0.25, -0.2) is 9.78 Å². The van der Waals surface area contributed by atoms with E-state index in [1.807, 2.05) is 28.9 Å². The van der Waals surface area contributed by atoms with Crippen LogP contribution in [0, 0.1) is 5.92 Å². The zero-order valence-corrected chi connectivity index (χ0v) is 12.9. The molecule has 0 radical (unpaired) electrons. The van der Waals surface area contributed by atoms with E-state index in [0.717, 1.165) is 24.1 Å². The fraction of sp³-hybridized carbons (Fsp3) is 0.529. The molecule has 2 aromatic heterocycles. The quantitative estimate of drug-likeness (QED) is 0.922. The summed E-state index contributed by atoms with van der Waals surface area (Å²) in [4.78, 5) is 18.9. The SMILES string of the molecule is C[C@H](C1CC1)N(C(=O)NCc1ccn2ccnc2c1)C1CC1. The van der Waals surface area contributed by atoms with Gasteiger partial charge in [-0.3, -0.25) is 0 Å². The smallest absolute Gasteiger partial charge is 0.318 e. The van der Waals surface area contributed by atoms with Gasteiger partial charge in [0.25, 0.3) is 0 Å². The van der Waals surface area contributed by atoms with Crippen LogP contribution in [0.15, 0.2) is 30.7 Å². The molecule has 0 aliphatic heterocycles. The maximum atomic E-state index is 12.6. The van der Waals surface area contributed by atoms with Crippen LogP contribution in [-0.2, 0) is 6.54 Å². The Labute approximate surface area is 130 Å². The lowest BCUT2D eigenvalue weighted by molar-refractivity contribution is 0.166. The monoisotopic (exact) mass is 298 g/mol. The maximum Gasteiger partial charge on any atom is 0.318 e. The molecule has 22 heavy (non-hydrogen) atoms. The molecule has 0 bridgehead atoms. The van der Waals surface area contributed by atoms with Crippen LogP contribution in [0.3, 0.4) is 0 Å². The molecule has 2 fully saturated rings. The second kappa shape index (κ2) is 5.30. The number of carbonyl (C=O) groups is 1. The molecule has 4 rings (SSSR count). The van der Waals surface area contributed by atoms with Gasteiger partial charge in [0.15, 0.2) is 0 Å². The predicted octanol–water partition coefficient (Wildman–Crippen LogP) is 2.81. The summed E-state index contributed by atoms with van der Waals surface area (Å²) in [6, 6.07) is 4.98. The van der Waals surface area contributed by atoms with Crippen molar-refractivity contribution in [1.82, 2.24) is 19.6 Å². The van der Waals surface area contributed by atoms with Crippen LogP contribution in [0.2, 0.25) is 0 Å². The first-order chi connectivity index (χ1) is 10.7. The van der Waals surface area contributed by atoms with Crippen molar-refractivity contribution in [3.05, 3.63) is 36.3 Å². The standard InChI is InChI=1S/C17H22N4O/c1-12(14-2-3-14)21(15-4-5-15)17(22)19-11-13-6-8-20-9-7-18-16(20)10-13/h6-10,12,14-15H,2-5,11H2,1H3,(H,19,22)/t12-/m1/s1. The first-order valence-corrected chi connectivity index (χ1v) is 8.20. The Morgan fingerprint density at radius 1 is 1.41 bits per heavy atom. The van der Waals surface area contributed by atoms with Gasteiger partial charge < -0.3 is 14.6 Å². The van der Waals surface area contributed by atoms with Gasteiger partial charge in [0.05, 0.1) is 0 Å². The number of hydrogen-bond donors (Lipinski definition) is 1. The summed E-state index contributed by atoms with van der Waals surface area (Å²) in [6.07, 6.45) is 10.5. The molecular weight excluding hydrogens is 276 g/mol. The van der Waals surface area contributed by atoms with Crippen molar-refractivity contribution in [3.8, 4) is 0 Å². The summed E-state index contributed by atoms with van der Waals surface area (Å²) in [5.41, 5.74) is 2.00. The van der Waals surface area contributed by atoms with Crippen LogP contribution < -0.4 is 5.32 Å². The van der Waals surface area contributed by atoms with E-state index in [1.165, 1.54) is 12.8 Å². The Morgan fingerprint density at radius 2 is 2.23 bits per heavy atom. The number of fused-ring (bicyclic) bond motifs is 1. The Balaban J connectivity index is 1.41. The van der Waals surface area contributed by atoms with Gasteiger partial charge >= 0.3 is 6.03 Å². The molecule has 0 saturated heterocycles. The molecule has 2 amide bonds. The summed E-state index contributed by atoms with van der Waals surface area (Å²) in [7, 11) is 0. The largest absolute Gasteiger partial charge is 0.334 e. The van der Waals surface area contributed by atoms with Crippen molar-refractivity contribution in [3.63, 3.8) is 0 Å². The molecule has 1 atom stereocenters. The predicted molar refractivity (Wildman–Crippen MR) is 84.5 cm³/mol. The number of hydrogen-bond acceptors (Lipinski definition) is 2. The summed E-state index contributed by atoms with van der Waals surface area (Å²) in [5, 5.41) is 3.09. The topological polar surface area (TPSA) is 49.6 Å². The molecular formula is C17H22N4O. The van der Waals surface area contributed by atoms with Crippen molar-refractivity contribution in [2.45, 2.75) is 51.2 Å². The number of pyridine rings is 1. The lowest BCUT2D eigenvalue weighted by atomic mass is 10.2. The summed E-state index contributed by atoms with van der Waals surface area (Å²) in [5.74, 6) is 0.715. The Hall–Kier alpha value is -2.04. The number of amides is 2. The van der Waals surface area contributed by atoms with E-state index in [4.69, 9.17) is 0 Å². The second-order valence-corrected chi connectivity index (χ2v) is 6.60. The molecule has 5 heteroatoms. The third-order valence-corrected chi connectivity index (χ3v) is 4.82. The van der Waals surface area contributed by atoms with Crippen LogP contribution >= 0.6 is 0 Å². The zero-order valence-electron chi connectivity index (χ0n) is 12.9. The highest BCUT2D eigenvalue weighted by Gasteiger charge is 2.41. The van der Waals surface area contributed by atoms with Crippen LogP contribution in [0.1, 0.15) is 38.2 Å². The minimum absolute atomic E-state index is 0.0881. The molecule has 116 valence electrons. The average Bonchev–Trinajstić information content (AvgIpc) is 3.43. The molecule has 2 aromatic rings. The van der Waals surface area contributed by atoms with Crippen LogP contribution in [-0.4, -0.2) is 32.4 Å². The maximum absolute atomic E-state index is 12.6. The summed E-state index contributed by atoms with van der Waals surface area (Å²) < 4.78 is 1.97. The van der Waals surface area contributed by atoms with E-state index in [1.54, 1.807) is 6.20 Å². The Bertz CT molecular complexity index is 687. The first kappa shape index (κ1) is 13.6. The van der Waals surface area contributed by atoms with Gasteiger partial charge in [-0.1, -0.05) is 0 Å². The van der Waals surface area contributed by atoms with Gasteiger partial charge in [-0.05, 0) is 56.2 Å². The summed E-state index contributed by atoms with van der Waals surface area (Å²) >= 11 is 0. The molecule has 0 aromatic carbocycles. The lowest BCUT2D eigenvalue weighted by Crippen LogP contribution is -2.47. The molecule has 5 nitrogen and oxygen atoms in total. The molecule has 2 aliphatic rings. The molecule has 2 aliphatic carbocycles. The van der Waals surface area contributed by atoms with Gasteiger partial charge in [0.2, 0.25) is 0 Å². The van der Waals surface area contributed by atoms with Crippen molar-refractivity contribution < 1.29 is 4.79 Å². The van der Waals surface area contributed by atoms with Crippen LogP contribution in [0.4, 0.5) is 4.79 Å². The molecule has 1 N–H and O–H groups in total. The zero-order chi connectivity index (χ0) is 15.1. The van der Waals surface area contributed by atoms with Crippen LogP contribution in [0.5, 0.6) is 0 Å². The molecule has 2 heterocycles. The highest BCUT2D eigenvalue weighted by Crippen LogP contribution is 2.39. The summed E-state index contributed by atoms with van der Waals surface area (Å²) in [6.45, 7) is 2.76. The number of nitrogens with zero attached hydrogens (tertiary/aromatic N) is 3. The first-order valence-electron chi connectivity index (χ1n) is 8.20. The van der Waals surface area contributed by atoms with Crippen LogP contribution in [0.25, 0.3) is 5.65 Å². The van der Waals surface area contributed by atoms with Gasteiger partial charge in [-0.15, -0.1) is 0 Å². The van der Waals surface area contributed by atoms with Gasteiger partial charge in [0, 0.05) is 37.2 Å². The van der Waals surface area contributed by atoms with Crippen molar-refractivity contribution in [2.24, 2.45) is 5.92 Å². The van der Waals surface area contributed by atoms with Crippen molar-refractivity contribution in [2.75, 3.05) is 0 Å². The molecule has 0 unspecified atom stereocenters. The number of urea groups is 1. The minimum atomic E-state index is 0.0881. The van der Waals surface area contributed by atoms with E-state index in [2.05, 4.69) is 22.1 Å². The van der Waals surface area contributed by atoms with E-state index in [9.17, 15) is 4.79 Å². The van der Waals surface area contributed by atoms with E-state index >= 15 is 0 Å². The van der Waals surface area contributed by atoms with Crippen molar-refractivity contribution in [1.29, 1.82) is 0 Å². The Kier molecular flexibility index (Phi) is 3.28. The van der Waals surface area contributed by atoms with E-state index < -0.39 is 0 Å². The highest BCUT2D eigenvalue weighted by molar-refractivity contribution is 5.75. The minimum Gasteiger partial charge on any atom is -0.334 e. The van der Waals surface area contributed by atoms with E-state index in [-0.39, 0.29) is 6.03 Å². The number of nitrogens with one attached hydrogen (secondary N) is 1. The van der Waals surface area contributed by atoms with Gasteiger partial charge in [0.1, 0.15) is 5.65 Å². The molecule has 0 spiro atoms. The fourth-order valence-corrected chi connectivity index (χ4v) is 3.17. The third-order valence-electron chi connectivity index (χ3n) is 4.82. The Morgan fingerprint density at radius 3 is 2.95 bits per heavy atom. The second-order valence-electron chi connectivity index (χ2n) is 6.60. The average molecular weight is 298 g/mol. The normalized spacial score (nSPS) is 19.1. The molecule has 2 saturated carbocycles. The number of carbonyl (C=O) groups excluding carboxylic acids is 1. The lowest BCUT2D eigenvalue weighted by Gasteiger charge is -2.29. The number of aromatic nitrogens is 2. The third kappa shape index (κ3) is 2.67. The number of rotatable bonds is 5. The fourth-order valence-electron chi connectivity index (χ4n) is 3.17. The van der Waals surface area contributed by atoms with Gasteiger partial charge in [-0.2, -0.15) is 0 Å². The highest BCUT2D eigenvalue weighted by atomic mass is 16.2.